The van der Waals surface area contributed by atoms with Gasteiger partial charge in [0.2, 0.25) is 0 Å². The fraction of sp³-hybridized carbons (Fsp3) is 0.700. The Kier molecular flexibility index (Phi) is 3.19. The topological polar surface area (TPSA) is 79.5 Å². The minimum atomic E-state index is -1.16. The largest absolute Gasteiger partial charge is 0.474 e. The molecule has 0 bridgehead atoms. The van der Waals surface area contributed by atoms with Crippen molar-refractivity contribution in [3.63, 3.8) is 0 Å². The molecular formula is C10H15N3O3. The molecule has 0 radical (unpaired) electrons. The van der Waals surface area contributed by atoms with Crippen LogP contribution in [-0.4, -0.2) is 45.8 Å². The summed E-state index contributed by atoms with van der Waals surface area (Å²) in [5.74, 6) is -0.703. The van der Waals surface area contributed by atoms with E-state index in [-0.39, 0.29) is 11.8 Å². The fourth-order valence-electron chi connectivity index (χ4n) is 1.99. The van der Waals surface area contributed by atoms with E-state index in [1.807, 2.05) is 0 Å². The SMILES string of the molecule is CCN1CCC(c2noc(C(=O)O)n2)CC1. The van der Waals surface area contributed by atoms with Gasteiger partial charge in [-0.15, -0.1) is 0 Å². The quantitative estimate of drug-likeness (QED) is 0.825. The van der Waals surface area contributed by atoms with E-state index in [0.717, 1.165) is 32.5 Å². The third-order valence-electron chi connectivity index (χ3n) is 3.02. The first-order valence-corrected chi connectivity index (χ1v) is 5.50. The molecule has 0 saturated carbocycles. The van der Waals surface area contributed by atoms with Crippen LogP contribution >= 0.6 is 0 Å². The lowest BCUT2D eigenvalue weighted by atomic mass is 9.96. The van der Waals surface area contributed by atoms with Gasteiger partial charge in [0.05, 0.1) is 0 Å². The highest BCUT2D eigenvalue weighted by atomic mass is 16.5. The van der Waals surface area contributed by atoms with Crippen LogP contribution in [0.5, 0.6) is 0 Å². The zero-order valence-corrected chi connectivity index (χ0v) is 9.22. The first-order valence-electron chi connectivity index (χ1n) is 5.50. The van der Waals surface area contributed by atoms with Gasteiger partial charge in [-0.05, 0) is 32.5 Å². The van der Waals surface area contributed by atoms with Gasteiger partial charge < -0.3 is 14.5 Å². The smallest absolute Gasteiger partial charge is 0.394 e. The number of nitrogens with zero attached hydrogens (tertiary/aromatic N) is 3. The maximum absolute atomic E-state index is 10.6. The molecule has 16 heavy (non-hydrogen) atoms. The van der Waals surface area contributed by atoms with E-state index in [1.165, 1.54) is 0 Å². The summed E-state index contributed by atoms with van der Waals surface area (Å²) in [5.41, 5.74) is 0. The Bertz CT molecular complexity index is 369. The van der Waals surface area contributed by atoms with Crippen LogP contribution in [0.2, 0.25) is 0 Å². The Labute approximate surface area is 93.2 Å². The standard InChI is InChI=1S/C10H15N3O3/c1-2-13-5-3-7(4-6-13)8-11-9(10(14)15)16-12-8/h7H,2-6H2,1H3,(H,14,15). The summed E-state index contributed by atoms with van der Waals surface area (Å²) < 4.78 is 4.66. The summed E-state index contributed by atoms with van der Waals surface area (Å²) in [6.45, 7) is 5.22. The molecule has 0 aliphatic carbocycles. The second kappa shape index (κ2) is 4.61. The Hall–Kier alpha value is -1.43. The van der Waals surface area contributed by atoms with Crippen molar-refractivity contribution in [2.45, 2.75) is 25.7 Å². The number of carboxylic acids is 1. The Morgan fingerprint density at radius 2 is 2.25 bits per heavy atom. The molecule has 1 fully saturated rings. The third kappa shape index (κ3) is 2.21. The highest BCUT2D eigenvalue weighted by Gasteiger charge is 2.25. The molecule has 0 spiro atoms. The van der Waals surface area contributed by atoms with Crippen LogP contribution in [0.1, 0.15) is 42.2 Å². The summed E-state index contributed by atoms with van der Waals surface area (Å²) in [4.78, 5) is 16.8. The van der Waals surface area contributed by atoms with Crippen LogP contribution in [0, 0.1) is 0 Å². The second-order valence-corrected chi connectivity index (χ2v) is 3.97. The summed E-state index contributed by atoms with van der Waals surface area (Å²) in [6, 6.07) is 0. The van der Waals surface area contributed by atoms with Gasteiger partial charge >= 0.3 is 11.9 Å². The third-order valence-corrected chi connectivity index (χ3v) is 3.02. The molecule has 2 rings (SSSR count). The first-order chi connectivity index (χ1) is 7.70. The van der Waals surface area contributed by atoms with E-state index in [1.54, 1.807) is 0 Å². The van der Waals surface area contributed by atoms with Crippen LogP contribution in [0.4, 0.5) is 0 Å². The summed E-state index contributed by atoms with van der Waals surface area (Å²) in [6.07, 6.45) is 1.93. The van der Waals surface area contributed by atoms with Gasteiger partial charge in [0, 0.05) is 5.92 Å². The molecule has 6 heteroatoms. The van der Waals surface area contributed by atoms with Gasteiger partial charge in [-0.1, -0.05) is 12.1 Å². The maximum Gasteiger partial charge on any atom is 0.394 e. The normalized spacial score (nSPS) is 18.8. The van der Waals surface area contributed by atoms with Crippen LogP contribution < -0.4 is 0 Å². The average Bonchev–Trinajstić information content (AvgIpc) is 2.78. The predicted octanol–water partition coefficient (Wildman–Crippen LogP) is 0.967. The van der Waals surface area contributed by atoms with E-state index >= 15 is 0 Å². The van der Waals surface area contributed by atoms with E-state index in [4.69, 9.17) is 5.11 Å². The summed E-state index contributed by atoms with van der Waals surface area (Å²) in [5, 5.41) is 12.4. The fourth-order valence-corrected chi connectivity index (χ4v) is 1.99. The van der Waals surface area contributed by atoms with Crippen LogP contribution in [0.3, 0.4) is 0 Å². The summed E-state index contributed by atoms with van der Waals surface area (Å²) >= 11 is 0. The van der Waals surface area contributed by atoms with Crippen LogP contribution in [0.15, 0.2) is 4.52 Å². The van der Waals surface area contributed by atoms with Crippen molar-refractivity contribution in [2.75, 3.05) is 19.6 Å². The Morgan fingerprint density at radius 3 is 2.75 bits per heavy atom. The first kappa shape index (κ1) is 11.1. The van der Waals surface area contributed by atoms with Crippen molar-refractivity contribution in [1.29, 1.82) is 0 Å². The van der Waals surface area contributed by atoms with Crippen molar-refractivity contribution in [3.05, 3.63) is 11.7 Å². The number of likely N-dealkylation sites (tertiary alicyclic amines) is 1. The monoisotopic (exact) mass is 225 g/mol. The number of piperidine rings is 1. The van der Waals surface area contributed by atoms with Gasteiger partial charge in [-0.3, -0.25) is 0 Å². The van der Waals surface area contributed by atoms with Gasteiger partial charge in [-0.2, -0.15) is 4.98 Å². The molecule has 2 heterocycles. The maximum atomic E-state index is 10.6. The van der Waals surface area contributed by atoms with Gasteiger partial charge in [0.1, 0.15) is 0 Å². The molecule has 0 aromatic carbocycles. The zero-order valence-electron chi connectivity index (χ0n) is 9.22. The highest BCUT2D eigenvalue weighted by molar-refractivity contribution is 5.81. The van der Waals surface area contributed by atoms with Crippen molar-refractivity contribution in [2.24, 2.45) is 0 Å². The van der Waals surface area contributed by atoms with Crippen molar-refractivity contribution in [3.8, 4) is 0 Å². The second-order valence-electron chi connectivity index (χ2n) is 3.97. The number of aromatic nitrogens is 2. The molecule has 0 amide bonds. The van der Waals surface area contributed by atoms with Gasteiger partial charge in [0.15, 0.2) is 5.82 Å². The Morgan fingerprint density at radius 1 is 1.56 bits per heavy atom. The number of carboxylic acid groups (broad SMARTS) is 1. The van der Waals surface area contributed by atoms with Crippen LogP contribution in [0.25, 0.3) is 0 Å². The van der Waals surface area contributed by atoms with E-state index in [2.05, 4.69) is 26.5 Å². The van der Waals surface area contributed by atoms with Crippen LogP contribution in [-0.2, 0) is 0 Å². The highest BCUT2D eigenvalue weighted by Crippen LogP contribution is 2.25. The van der Waals surface area contributed by atoms with E-state index < -0.39 is 5.97 Å². The molecule has 1 aromatic rings. The van der Waals surface area contributed by atoms with Crippen molar-refractivity contribution < 1.29 is 14.4 Å². The molecule has 1 aliphatic heterocycles. The molecule has 1 N–H and O–H groups in total. The number of aromatic carboxylic acids is 1. The molecule has 1 aliphatic rings. The molecule has 6 nitrogen and oxygen atoms in total. The minimum Gasteiger partial charge on any atom is -0.474 e. The van der Waals surface area contributed by atoms with Crippen molar-refractivity contribution >= 4 is 5.97 Å². The molecule has 0 atom stereocenters. The zero-order chi connectivity index (χ0) is 11.5. The number of hydrogen-bond acceptors (Lipinski definition) is 5. The average molecular weight is 225 g/mol. The molecular weight excluding hydrogens is 210 g/mol. The number of rotatable bonds is 3. The minimum absolute atomic E-state index is 0.236. The Balaban J connectivity index is 2.00. The molecule has 88 valence electrons. The lowest BCUT2D eigenvalue weighted by Gasteiger charge is -2.29. The number of hydrogen-bond donors (Lipinski definition) is 1. The molecule has 1 saturated heterocycles. The lowest BCUT2D eigenvalue weighted by molar-refractivity contribution is 0.0643. The van der Waals surface area contributed by atoms with Gasteiger partial charge in [-0.25, -0.2) is 4.79 Å². The van der Waals surface area contributed by atoms with E-state index in [0.29, 0.717) is 5.82 Å². The molecule has 0 unspecified atom stereocenters. The molecule has 1 aromatic heterocycles. The summed E-state index contributed by atoms with van der Waals surface area (Å²) in [7, 11) is 0. The van der Waals surface area contributed by atoms with Crippen molar-refractivity contribution in [1.82, 2.24) is 15.0 Å². The van der Waals surface area contributed by atoms with E-state index in [9.17, 15) is 4.79 Å². The lowest BCUT2D eigenvalue weighted by Crippen LogP contribution is -2.32. The number of carbonyl (C=O) groups is 1. The predicted molar refractivity (Wildman–Crippen MR) is 55.3 cm³/mol. The van der Waals surface area contributed by atoms with Gasteiger partial charge in [0.25, 0.3) is 0 Å².